The van der Waals surface area contributed by atoms with Crippen molar-refractivity contribution >= 4 is 37.3 Å². The summed E-state index contributed by atoms with van der Waals surface area (Å²) in [7, 11) is -4.33. The molecule has 2 atom stereocenters. The standard InChI is InChI=1S/C32H45N5O5Si/c1-7-25(34-30(39)27-18-17-24-15-11-12-16-26(24)33-27)29(38)35-28(19-23-13-9-8-10-14-23)43(41,42)21-37(20-22(2)3)31(40)36-32(4,5)6/h8-18,22,25,28,41-42H,7,19-21H2,1-6H3,(H,34,39)(H,35,38)(H,36,40)/t25-,28+/m0/s1. The maximum absolute atomic E-state index is 13.5. The highest BCUT2D eigenvalue weighted by molar-refractivity contribution is 6.67. The lowest BCUT2D eigenvalue weighted by Gasteiger charge is -2.36. The van der Waals surface area contributed by atoms with E-state index in [0.29, 0.717) is 12.1 Å². The summed E-state index contributed by atoms with van der Waals surface area (Å²) >= 11 is 0. The van der Waals surface area contributed by atoms with Crippen LogP contribution in [-0.2, 0) is 11.2 Å². The molecule has 2 aromatic carbocycles. The van der Waals surface area contributed by atoms with Crippen LogP contribution < -0.4 is 16.0 Å². The molecule has 1 heterocycles. The van der Waals surface area contributed by atoms with Gasteiger partial charge in [-0.05, 0) is 57.2 Å². The van der Waals surface area contributed by atoms with E-state index in [2.05, 4.69) is 20.9 Å². The van der Waals surface area contributed by atoms with Gasteiger partial charge in [0, 0.05) is 17.5 Å². The van der Waals surface area contributed by atoms with Crippen molar-refractivity contribution in [3.8, 4) is 0 Å². The van der Waals surface area contributed by atoms with Gasteiger partial charge in [0.25, 0.3) is 5.91 Å². The molecule has 0 spiro atoms. The molecule has 0 unspecified atom stereocenters. The van der Waals surface area contributed by atoms with E-state index in [4.69, 9.17) is 0 Å². The molecule has 0 fully saturated rings. The number of carbonyl (C=O) groups excluding carboxylic acids is 3. The number of aromatic nitrogens is 1. The number of nitrogens with one attached hydrogen (secondary N) is 3. The third-order valence-corrected chi connectivity index (χ3v) is 9.11. The smallest absolute Gasteiger partial charge is 0.376 e. The van der Waals surface area contributed by atoms with Crippen LogP contribution in [0.4, 0.5) is 4.79 Å². The number of rotatable bonds is 12. The maximum atomic E-state index is 13.5. The molecular formula is C32H45N5O5Si. The molecule has 43 heavy (non-hydrogen) atoms. The number of para-hydroxylation sites is 1. The summed E-state index contributed by atoms with van der Waals surface area (Å²) in [6.45, 7) is 11.5. The van der Waals surface area contributed by atoms with Crippen molar-refractivity contribution in [1.82, 2.24) is 25.8 Å². The predicted octanol–water partition coefficient (Wildman–Crippen LogP) is 3.44. The van der Waals surface area contributed by atoms with E-state index in [1.165, 1.54) is 4.90 Å². The largest absolute Gasteiger partial charge is 0.408 e. The Balaban J connectivity index is 1.83. The molecule has 0 aliphatic rings. The zero-order valence-corrected chi connectivity index (χ0v) is 26.9. The number of pyridine rings is 1. The molecule has 10 nitrogen and oxygen atoms in total. The lowest BCUT2D eigenvalue weighted by Crippen LogP contribution is -2.67. The Bertz CT molecular complexity index is 1390. The molecular weight excluding hydrogens is 562 g/mol. The highest BCUT2D eigenvalue weighted by Gasteiger charge is 2.44. The summed E-state index contributed by atoms with van der Waals surface area (Å²) in [6.07, 6.45) is 0.0932. The number of carbonyl (C=O) groups is 3. The quantitative estimate of drug-likeness (QED) is 0.200. The minimum Gasteiger partial charge on any atom is -0.408 e. The summed E-state index contributed by atoms with van der Waals surface area (Å²) < 4.78 is 0. The van der Waals surface area contributed by atoms with Crippen LogP contribution in [-0.4, -0.2) is 75.8 Å². The Morgan fingerprint density at radius 2 is 1.58 bits per heavy atom. The van der Waals surface area contributed by atoms with Crippen molar-refractivity contribution in [3.63, 3.8) is 0 Å². The van der Waals surface area contributed by atoms with Crippen LogP contribution in [0.1, 0.15) is 64.0 Å². The van der Waals surface area contributed by atoms with Crippen LogP contribution in [0.25, 0.3) is 10.9 Å². The van der Waals surface area contributed by atoms with Crippen LogP contribution in [0, 0.1) is 5.92 Å². The number of urea groups is 1. The van der Waals surface area contributed by atoms with E-state index in [9.17, 15) is 24.0 Å². The second-order valence-electron chi connectivity index (χ2n) is 12.4. The van der Waals surface area contributed by atoms with Crippen molar-refractivity contribution in [2.75, 3.05) is 12.7 Å². The summed E-state index contributed by atoms with van der Waals surface area (Å²) in [6, 6.07) is 18.7. The monoisotopic (exact) mass is 607 g/mol. The van der Waals surface area contributed by atoms with Gasteiger partial charge in [0.1, 0.15) is 11.7 Å². The van der Waals surface area contributed by atoms with Gasteiger partial charge in [-0.25, -0.2) is 9.78 Å². The molecule has 0 aliphatic carbocycles. The van der Waals surface area contributed by atoms with Crippen LogP contribution in [0.3, 0.4) is 0 Å². The van der Waals surface area contributed by atoms with E-state index >= 15 is 0 Å². The minimum atomic E-state index is -4.33. The first-order chi connectivity index (χ1) is 20.2. The van der Waals surface area contributed by atoms with Gasteiger partial charge >= 0.3 is 14.6 Å². The number of hydrogen-bond donors (Lipinski definition) is 5. The van der Waals surface area contributed by atoms with Crippen LogP contribution in [0.5, 0.6) is 0 Å². The topological polar surface area (TPSA) is 144 Å². The maximum Gasteiger partial charge on any atom is 0.376 e. The fraction of sp³-hybridized carbons (Fsp3) is 0.438. The first kappa shape index (κ1) is 33.7. The SMILES string of the molecule is CC[C@H](NC(=O)c1ccc2ccccc2n1)C(=O)N[C@@H](Cc1ccccc1)[Si](O)(O)CN(CC(C)C)C(=O)NC(C)(C)C. The molecule has 0 bridgehead atoms. The van der Waals surface area contributed by atoms with Crippen molar-refractivity contribution in [2.24, 2.45) is 5.92 Å². The third kappa shape index (κ3) is 10.2. The highest BCUT2D eigenvalue weighted by atomic mass is 28.4. The highest BCUT2D eigenvalue weighted by Crippen LogP contribution is 2.16. The normalized spacial score (nSPS) is 13.3. The molecule has 4 amide bonds. The molecule has 3 aromatic rings. The molecule has 5 N–H and O–H groups in total. The minimum absolute atomic E-state index is 0.0704. The second kappa shape index (κ2) is 14.6. The number of hydrogen-bond acceptors (Lipinski definition) is 6. The van der Waals surface area contributed by atoms with E-state index in [1.807, 2.05) is 83.1 Å². The first-order valence-corrected chi connectivity index (χ1v) is 16.9. The van der Waals surface area contributed by atoms with Crippen molar-refractivity contribution in [3.05, 3.63) is 78.0 Å². The van der Waals surface area contributed by atoms with Gasteiger partial charge in [-0.1, -0.05) is 75.4 Å². The fourth-order valence-electron chi connectivity index (χ4n) is 4.68. The first-order valence-electron chi connectivity index (χ1n) is 14.7. The Labute approximate surface area is 255 Å². The molecule has 0 saturated carbocycles. The van der Waals surface area contributed by atoms with Crippen molar-refractivity contribution in [1.29, 1.82) is 0 Å². The van der Waals surface area contributed by atoms with Gasteiger partial charge in [-0.2, -0.15) is 0 Å². The summed E-state index contributed by atoms with van der Waals surface area (Å²) in [4.78, 5) is 68.8. The lowest BCUT2D eigenvalue weighted by atomic mass is 10.1. The van der Waals surface area contributed by atoms with Gasteiger partial charge in [-0.15, -0.1) is 0 Å². The average Bonchev–Trinajstić information content (AvgIpc) is 2.94. The van der Waals surface area contributed by atoms with Crippen molar-refractivity contribution in [2.45, 2.75) is 71.6 Å². The van der Waals surface area contributed by atoms with Gasteiger partial charge in [0.05, 0.1) is 17.3 Å². The van der Waals surface area contributed by atoms with Gasteiger partial charge < -0.3 is 30.4 Å². The number of nitrogens with zero attached hydrogens (tertiary/aromatic N) is 2. The fourth-order valence-corrected chi connectivity index (χ4v) is 6.67. The van der Waals surface area contributed by atoms with E-state index in [-0.39, 0.29) is 30.6 Å². The second-order valence-corrected chi connectivity index (χ2v) is 15.2. The van der Waals surface area contributed by atoms with Crippen molar-refractivity contribution < 1.29 is 24.0 Å². The number of amides is 4. The van der Waals surface area contributed by atoms with E-state index in [1.54, 1.807) is 25.1 Å². The zero-order chi connectivity index (χ0) is 31.8. The molecule has 0 aliphatic heterocycles. The lowest BCUT2D eigenvalue weighted by molar-refractivity contribution is -0.123. The molecule has 3 rings (SSSR count). The van der Waals surface area contributed by atoms with Crippen LogP contribution in [0.2, 0.25) is 0 Å². The summed E-state index contributed by atoms with van der Waals surface area (Å²) in [5, 5.41) is 9.35. The van der Waals surface area contributed by atoms with E-state index < -0.39 is 43.7 Å². The molecule has 0 radical (unpaired) electrons. The van der Waals surface area contributed by atoms with Gasteiger partial charge in [0.2, 0.25) is 5.91 Å². The van der Waals surface area contributed by atoms with Gasteiger partial charge in [0.15, 0.2) is 0 Å². The van der Waals surface area contributed by atoms with E-state index in [0.717, 1.165) is 10.9 Å². The average molecular weight is 608 g/mol. The Kier molecular flexibility index (Phi) is 11.4. The molecule has 1 aromatic heterocycles. The molecule has 0 saturated heterocycles. The Morgan fingerprint density at radius 1 is 0.930 bits per heavy atom. The Hall–Kier alpha value is -3.80. The zero-order valence-electron chi connectivity index (χ0n) is 25.9. The predicted molar refractivity (Wildman–Crippen MR) is 170 cm³/mol. The summed E-state index contributed by atoms with van der Waals surface area (Å²) in [5.41, 5.74) is 0.0383. The number of benzene rings is 2. The molecule has 11 heteroatoms. The van der Waals surface area contributed by atoms with Crippen LogP contribution in [0.15, 0.2) is 66.7 Å². The van der Waals surface area contributed by atoms with Crippen LogP contribution >= 0.6 is 0 Å². The molecule has 232 valence electrons. The summed E-state index contributed by atoms with van der Waals surface area (Å²) in [5.74, 6) is -0.987. The third-order valence-electron chi connectivity index (χ3n) is 6.80. The number of fused-ring (bicyclic) bond motifs is 1. The Morgan fingerprint density at radius 3 is 2.21 bits per heavy atom. The van der Waals surface area contributed by atoms with Gasteiger partial charge in [-0.3, -0.25) is 9.59 Å².